The quantitative estimate of drug-likeness (QED) is 0.474. The number of halogens is 1. The molecule has 0 aromatic heterocycles. The van der Waals surface area contributed by atoms with Crippen molar-refractivity contribution >= 4 is 15.9 Å². The van der Waals surface area contributed by atoms with Gasteiger partial charge in [0, 0.05) is 14.9 Å². The van der Waals surface area contributed by atoms with Gasteiger partial charge in [0.15, 0.2) is 0 Å². The molecule has 0 aliphatic carbocycles. The maximum Gasteiger partial charge on any atom is 0.0386 e. The topological polar surface area (TPSA) is 0 Å². The van der Waals surface area contributed by atoms with Crippen LogP contribution in [0, 0.1) is 0 Å². The van der Waals surface area contributed by atoms with E-state index < -0.39 is 18.5 Å². The van der Waals surface area contributed by atoms with E-state index in [1.165, 1.54) is 0 Å². The van der Waals surface area contributed by atoms with Crippen LogP contribution >= 0.6 is 15.9 Å². The second kappa shape index (κ2) is 3.48. The van der Waals surface area contributed by atoms with Gasteiger partial charge in [0.2, 0.25) is 0 Å². The molecule has 26 valence electrons. The van der Waals surface area contributed by atoms with Crippen molar-refractivity contribution in [2.75, 3.05) is 5.28 Å². The average Bonchev–Trinajstić information content (AvgIpc) is 1.58. The van der Waals surface area contributed by atoms with Gasteiger partial charge in [0.05, 0.1) is 0 Å². The first-order valence-electron chi connectivity index (χ1n) is 4.19. The van der Waals surface area contributed by atoms with Crippen molar-refractivity contribution in [3.63, 3.8) is 0 Å². The number of hydrogen-bond acceptors (Lipinski definition) is 0. The molecule has 0 radical (unpaired) electrons. The SMILES string of the molecule is [2H]C([2H])([2H])C([2H])([2H])C([2H])([2H])Br. The normalized spacial score (nSPS) is 43.8. The summed E-state index contributed by atoms with van der Waals surface area (Å²) in [6, 6.07) is 0. The van der Waals surface area contributed by atoms with Crippen LogP contribution in [-0.2, 0) is 0 Å². The Morgan fingerprint density at radius 1 is 2.50 bits per heavy atom. The highest BCUT2D eigenvalue weighted by atomic mass is 79.9. The number of alkyl halides is 1. The molecule has 0 nitrogen and oxygen atoms in total. The lowest BCUT2D eigenvalue weighted by atomic mass is 10.6. The molecule has 0 N–H and O–H groups in total. The highest BCUT2D eigenvalue weighted by Crippen LogP contribution is 1.80. The maximum atomic E-state index is 6.91. The summed E-state index contributed by atoms with van der Waals surface area (Å²) >= 11 is 2.33. The van der Waals surface area contributed by atoms with Gasteiger partial charge in [-0.3, -0.25) is 0 Å². The summed E-state index contributed by atoms with van der Waals surface area (Å²) in [5.41, 5.74) is 0. The molecule has 4 heavy (non-hydrogen) atoms. The Morgan fingerprint density at radius 3 is 3.25 bits per heavy atom. The Morgan fingerprint density at radius 2 is 3.25 bits per heavy atom. The molecule has 0 amide bonds. The molecule has 0 heterocycles. The van der Waals surface area contributed by atoms with E-state index in [1.54, 1.807) is 0 Å². The smallest absolute Gasteiger partial charge is 0.0386 e. The molecule has 0 fully saturated rings. The molecule has 0 saturated heterocycles. The fraction of sp³-hybridized carbons (Fsp3) is 1.00. The number of hydrogen-bond donors (Lipinski definition) is 0. The van der Waals surface area contributed by atoms with Crippen molar-refractivity contribution in [1.29, 1.82) is 0 Å². The summed E-state index contributed by atoms with van der Waals surface area (Å²) in [6.45, 7) is -2.96. The molecule has 1 heteroatoms. The van der Waals surface area contributed by atoms with Crippen LogP contribution in [0.4, 0.5) is 0 Å². The summed E-state index contributed by atoms with van der Waals surface area (Å²) in [5.74, 6) is 0. The van der Waals surface area contributed by atoms with E-state index in [0.717, 1.165) is 0 Å². The van der Waals surface area contributed by atoms with Crippen LogP contribution in [0.15, 0.2) is 0 Å². The molecule has 0 atom stereocenters. The summed E-state index contributed by atoms with van der Waals surface area (Å²) in [4.78, 5) is 0. The standard InChI is InChI=1S/C3H7Br/c1-2-3-4/h2-3H2,1H3/i1D3,2D2,3D2. The Hall–Kier alpha value is 0.480. The van der Waals surface area contributed by atoms with Crippen LogP contribution < -0.4 is 0 Å². The maximum absolute atomic E-state index is 6.91. The Balaban J connectivity index is 4.75. The zero-order valence-corrected chi connectivity index (χ0v) is 3.46. The van der Waals surface area contributed by atoms with Crippen molar-refractivity contribution in [2.24, 2.45) is 0 Å². The van der Waals surface area contributed by atoms with Crippen LogP contribution in [-0.4, -0.2) is 5.28 Å². The molecule has 0 bridgehead atoms. The predicted molar refractivity (Wildman–Crippen MR) is 24.1 cm³/mol. The van der Waals surface area contributed by atoms with E-state index in [0.29, 0.717) is 0 Å². The van der Waals surface area contributed by atoms with Crippen LogP contribution in [0.25, 0.3) is 0 Å². The minimum atomic E-state index is -2.96. The zero-order valence-electron chi connectivity index (χ0n) is 8.88. The number of rotatable bonds is 1. The van der Waals surface area contributed by atoms with Gasteiger partial charge < -0.3 is 0 Å². The van der Waals surface area contributed by atoms with Crippen molar-refractivity contribution < 1.29 is 9.60 Å². The summed E-state index contributed by atoms with van der Waals surface area (Å²) < 4.78 is 47.5. The third kappa shape index (κ3) is 2.48. The van der Waals surface area contributed by atoms with E-state index in [9.17, 15) is 0 Å². The summed E-state index contributed by atoms with van der Waals surface area (Å²) in [5, 5.41) is -2.54. The van der Waals surface area contributed by atoms with Gasteiger partial charge in [-0.15, -0.1) is 0 Å². The van der Waals surface area contributed by atoms with Crippen LogP contribution in [0.1, 0.15) is 22.8 Å². The van der Waals surface area contributed by atoms with Gasteiger partial charge in [-0.2, -0.15) is 0 Å². The van der Waals surface area contributed by atoms with E-state index >= 15 is 0 Å². The van der Waals surface area contributed by atoms with Crippen molar-refractivity contribution in [3.05, 3.63) is 0 Å². The van der Waals surface area contributed by atoms with Gasteiger partial charge >= 0.3 is 0 Å². The van der Waals surface area contributed by atoms with E-state index in [1.807, 2.05) is 0 Å². The molecule has 0 saturated carbocycles. The van der Waals surface area contributed by atoms with Gasteiger partial charge in [-0.25, -0.2) is 0 Å². The monoisotopic (exact) mass is 129 g/mol. The van der Waals surface area contributed by atoms with Gasteiger partial charge in [0.25, 0.3) is 0 Å². The first-order valence-corrected chi connectivity index (χ1v) is 1.48. The molecule has 0 aromatic rings. The molecule has 0 aliphatic heterocycles. The highest BCUT2D eigenvalue weighted by Gasteiger charge is 1.58. The van der Waals surface area contributed by atoms with Crippen molar-refractivity contribution in [3.8, 4) is 0 Å². The average molecular weight is 130 g/mol. The zero-order chi connectivity index (χ0) is 9.50. The molecular weight excluding hydrogens is 116 g/mol. The van der Waals surface area contributed by atoms with Gasteiger partial charge in [0.1, 0.15) is 0 Å². The van der Waals surface area contributed by atoms with Crippen LogP contribution in [0.5, 0.6) is 0 Å². The fourth-order valence-electron chi connectivity index (χ4n) is 0. The third-order valence-corrected chi connectivity index (χ3v) is 0.245. The third-order valence-electron chi connectivity index (χ3n) is 0.0472. The molecule has 0 aromatic carbocycles. The highest BCUT2D eigenvalue weighted by molar-refractivity contribution is 9.09. The van der Waals surface area contributed by atoms with Crippen molar-refractivity contribution in [1.82, 2.24) is 0 Å². The lowest BCUT2D eigenvalue weighted by Crippen LogP contribution is -1.54. The molecule has 0 aliphatic rings. The molecular formula is C3H7Br. The molecule has 0 unspecified atom stereocenters. The second-order valence-corrected chi connectivity index (χ2v) is 0.616. The lowest BCUT2D eigenvalue weighted by Gasteiger charge is -1.66. The van der Waals surface area contributed by atoms with E-state index in [2.05, 4.69) is 15.9 Å². The molecule has 0 spiro atoms. The largest absolute Gasteiger partial charge is 0.0928 e. The van der Waals surface area contributed by atoms with Gasteiger partial charge in [-0.1, -0.05) is 22.8 Å². The van der Waals surface area contributed by atoms with Crippen LogP contribution in [0.2, 0.25) is 0 Å². The second-order valence-electron chi connectivity index (χ2n) is 0.219. The first-order chi connectivity index (χ1) is 4.50. The Kier molecular flexibility index (Phi) is 0.430. The fourth-order valence-corrected chi connectivity index (χ4v) is 0. The van der Waals surface area contributed by atoms with Crippen molar-refractivity contribution in [2.45, 2.75) is 13.2 Å². The Labute approximate surface area is 45.2 Å². The van der Waals surface area contributed by atoms with Crippen LogP contribution in [0.3, 0.4) is 0 Å². The Bertz CT molecular complexity index is 125. The van der Waals surface area contributed by atoms with E-state index in [4.69, 9.17) is 9.60 Å². The lowest BCUT2D eigenvalue weighted by molar-refractivity contribution is 1.12. The summed E-state index contributed by atoms with van der Waals surface area (Å²) in [7, 11) is 0. The molecule has 0 rings (SSSR count). The minimum absolute atomic E-state index is 2.33. The summed E-state index contributed by atoms with van der Waals surface area (Å²) in [6.07, 6.45) is -2.88. The predicted octanol–water partition coefficient (Wildman–Crippen LogP) is 1.79. The first kappa shape index (κ1) is 0.494. The van der Waals surface area contributed by atoms with E-state index in [-0.39, 0.29) is 0 Å². The minimum Gasteiger partial charge on any atom is -0.0928 e. The van der Waals surface area contributed by atoms with Gasteiger partial charge in [-0.05, 0) is 6.37 Å².